The lowest BCUT2D eigenvalue weighted by atomic mass is 10.1. The zero-order valence-corrected chi connectivity index (χ0v) is 16.3. The summed E-state index contributed by atoms with van der Waals surface area (Å²) in [6.07, 6.45) is 3.58. The maximum atomic E-state index is 12.4. The molecule has 0 bridgehead atoms. The van der Waals surface area contributed by atoms with Crippen LogP contribution in [0.25, 0.3) is 0 Å². The zero-order valence-electron chi connectivity index (χ0n) is 15.4. The second-order valence-electron chi connectivity index (χ2n) is 6.35. The van der Waals surface area contributed by atoms with Crippen LogP contribution in [0.4, 0.5) is 0 Å². The largest absolute Gasteiger partial charge is 0.351 e. The highest BCUT2D eigenvalue weighted by Crippen LogP contribution is 2.11. The van der Waals surface area contributed by atoms with Crippen LogP contribution in [-0.4, -0.2) is 30.1 Å². The number of rotatable bonds is 8. The van der Waals surface area contributed by atoms with E-state index in [1.54, 1.807) is 29.1 Å². The van der Waals surface area contributed by atoms with Gasteiger partial charge in [0.1, 0.15) is 0 Å². The maximum Gasteiger partial charge on any atom is 0.241 e. The Hall–Kier alpha value is -2.97. The molecule has 2 N–H and O–H groups in total. The first-order valence-electron chi connectivity index (χ1n) is 8.85. The summed E-state index contributed by atoms with van der Waals surface area (Å²) in [5, 5.41) is 7.00. The molecule has 1 amide bonds. The Morgan fingerprint density at radius 3 is 2.39 bits per heavy atom. The van der Waals surface area contributed by atoms with Crippen molar-refractivity contribution in [3.05, 3.63) is 84.2 Å². The van der Waals surface area contributed by atoms with E-state index in [4.69, 9.17) is 0 Å². The molecular formula is C20H22N4O3S. The van der Waals surface area contributed by atoms with Crippen LogP contribution in [-0.2, 0) is 27.9 Å². The van der Waals surface area contributed by atoms with Gasteiger partial charge in [-0.25, -0.2) is 8.42 Å². The molecule has 28 heavy (non-hydrogen) atoms. The molecule has 1 heterocycles. The number of benzene rings is 2. The molecule has 1 atom stereocenters. The van der Waals surface area contributed by atoms with E-state index in [0.29, 0.717) is 13.1 Å². The van der Waals surface area contributed by atoms with Crippen molar-refractivity contribution in [1.82, 2.24) is 19.8 Å². The van der Waals surface area contributed by atoms with Crippen LogP contribution in [0.1, 0.15) is 18.1 Å². The Morgan fingerprint density at radius 2 is 1.71 bits per heavy atom. The molecule has 0 aliphatic carbocycles. The first-order chi connectivity index (χ1) is 13.5. The second-order valence-corrected chi connectivity index (χ2v) is 8.06. The van der Waals surface area contributed by atoms with Crippen LogP contribution in [0.2, 0.25) is 0 Å². The second kappa shape index (κ2) is 8.81. The average Bonchev–Trinajstić information content (AvgIpc) is 3.20. The van der Waals surface area contributed by atoms with Crippen LogP contribution < -0.4 is 10.0 Å². The number of hydrogen-bond donors (Lipinski definition) is 2. The maximum absolute atomic E-state index is 12.4. The van der Waals surface area contributed by atoms with Gasteiger partial charge >= 0.3 is 0 Å². The third-order valence-electron chi connectivity index (χ3n) is 4.24. The molecule has 7 nitrogen and oxygen atoms in total. The van der Waals surface area contributed by atoms with E-state index in [1.165, 1.54) is 19.1 Å². The lowest BCUT2D eigenvalue weighted by Crippen LogP contribution is -2.44. The summed E-state index contributed by atoms with van der Waals surface area (Å²) in [6.45, 7) is 2.41. The summed E-state index contributed by atoms with van der Waals surface area (Å²) in [5.74, 6) is -0.395. The van der Waals surface area contributed by atoms with Gasteiger partial charge in [0.15, 0.2) is 0 Å². The number of nitrogens with zero attached hydrogens (tertiary/aromatic N) is 2. The molecule has 3 rings (SSSR count). The predicted octanol–water partition coefficient (Wildman–Crippen LogP) is 1.91. The molecule has 0 aliphatic heterocycles. The van der Waals surface area contributed by atoms with E-state index in [-0.39, 0.29) is 4.90 Å². The molecule has 8 heteroatoms. The van der Waals surface area contributed by atoms with Gasteiger partial charge in [-0.05, 0) is 36.2 Å². The van der Waals surface area contributed by atoms with Gasteiger partial charge in [0, 0.05) is 18.9 Å². The molecule has 0 saturated heterocycles. The molecule has 2 aromatic carbocycles. The summed E-state index contributed by atoms with van der Waals surface area (Å²) in [6, 6.07) is 16.7. The first-order valence-corrected chi connectivity index (χ1v) is 10.3. The number of aromatic nitrogens is 2. The third kappa shape index (κ3) is 5.05. The number of hydrogen-bond acceptors (Lipinski definition) is 4. The fourth-order valence-corrected chi connectivity index (χ4v) is 3.97. The van der Waals surface area contributed by atoms with Crippen molar-refractivity contribution in [3.8, 4) is 0 Å². The van der Waals surface area contributed by atoms with Gasteiger partial charge < -0.3 is 5.32 Å². The lowest BCUT2D eigenvalue weighted by molar-refractivity contribution is -0.122. The Balaban J connectivity index is 1.61. The fraction of sp³-hybridized carbons (Fsp3) is 0.200. The number of amides is 1. The van der Waals surface area contributed by atoms with Gasteiger partial charge in [0.25, 0.3) is 0 Å². The van der Waals surface area contributed by atoms with Gasteiger partial charge in [0.05, 0.1) is 17.5 Å². The smallest absolute Gasteiger partial charge is 0.241 e. The number of carbonyl (C=O) groups excluding carboxylic acids is 1. The molecule has 0 fully saturated rings. The minimum absolute atomic E-state index is 0.124. The first kappa shape index (κ1) is 19.8. The van der Waals surface area contributed by atoms with Crippen molar-refractivity contribution >= 4 is 15.9 Å². The zero-order chi connectivity index (χ0) is 20.0. The molecule has 0 saturated carbocycles. The van der Waals surface area contributed by atoms with Crippen molar-refractivity contribution in [2.45, 2.75) is 31.0 Å². The SMILES string of the molecule is C[C@H](NS(=O)(=O)c1ccccc1)C(=O)NCc1ccccc1Cn1cccn1. The molecule has 0 unspecified atom stereocenters. The minimum atomic E-state index is -3.75. The molecule has 3 aromatic rings. The van der Waals surface area contributed by atoms with Crippen LogP contribution >= 0.6 is 0 Å². The Bertz CT molecular complexity index is 1020. The van der Waals surface area contributed by atoms with Crippen molar-refractivity contribution in [1.29, 1.82) is 0 Å². The monoisotopic (exact) mass is 398 g/mol. The van der Waals surface area contributed by atoms with E-state index in [2.05, 4.69) is 15.1 Å². The van der Waals surface area contributed by atoms with E-state index < -0.39 is 22.0 Å². The summed E-state index contributed by atoms with van der Waals surface area (Å²) >= 11 is 0. The van der Waals surface area contributed by atoms with Crippen molar-refractivity contribution in [3.63, 3.8) is 0 Å². The van der Waals surface area contributed by atoms with E-state index in [0.717, 1.165) is 11.1 Å². The third-order valence-corrected chi connectivity index (χ3v) is 5.80. The van der Waals surface area contributed by atoms with Crippen molar-refractivity contribution in [2.75, 3.05) is 0 Å². The Labute approximate surface area is 164 Å². The highest BCUT2D eigenvalue weighted by Gasteiger charge is 2.21. The Kier molecular flexibility index (Phi) is 6.23. The van der Waals surface area contributed by atoms with Crippen molar-refractivity contribution in [2.24, 2.45) is 0 Å². The van der Waals surface area contributed by atoms with Gasteiger partial charge in [-0.1, -0.05) is 42.5 Å². The van der Waals surface area contributed by atoms with Gasteiger partial charge in [0.2, 0.25) is 15.9 Å². The van der Waals surface area contributed by atoms with Crippen molar-refractivity contribution < 1.29 is 13.2 Å². The predicted molar refractivity (Wildman–Crippen MR) is 106 cm³/mol. The number of carbonyl (C=O) groups is 1. The lowest BCUT2D eigenvalue weighted by Gasteiger charge is -2.16. The summed E-state index contributed by atoms with van der Waals surface area (Å²) in [4.78, 5) is 12.5. The molecule has 0 spiro atoms. The minimum Gasteiger partial charge on any atom is -0.351 e. The normalized spacial score (nSPS) is 12.5. The topological polar surface area (TPSA) is 93.1 Å². The highest BCUT2D eigenvalue weighted by molar-refractivity contribution is 7.89. The summed E-state index contributed by atoms with van der Waals surface area (Å²) < 4.78 is 28.9. The number of nitrogens with one attached hydrogen (secondary N) is 2. The molecule has 0 radical (unpaired) electrons. The molecular weight excluding hydrogens is 376 g/mol. The standard InChI is InChI=1S/C20H22N4O3S/c1-16(23-28(26,27)19-10-3-2-4-11-19)20(25)21-14-17-8-5-6-9-18(17)15-24-13-7-12-22-24/h2-13,16,23H,14-15H2,1H3,(H,21,25)/t16-/m0/s1. The van der Waals surface area contributed by atoms with Crippen LogP contribution in [0, 0.1) is 0 Å². The Morgan fingerprint density at radius 1 is 1.04 bits per heavy atom. The molecule has 1 aromatic heterocycles. The highest BCUT2D eigenvalue weighted by atomic mass is 32.2. The van der Waals surface area contributed by atoms with Gasteiger partial charge in [-0.3, -0.25) is 9.48 Å². The van der Waals surface area contributed by atoms with Gasteiger partial charge in [-0.2, -0.15) is 9.82 Å². The van der Waals surface area contributed by atoms with Crippen LogP contribution in [0.5, 0.6) is 0 Å². The van der Waals surface area contributed by atoms with Gasteiger partial charge in [-0.15, -0.1) is 0 Å². The molecule has 146 valence electrons. The van der Waals surface area contributed by atoms with E-state index in [9.17, 15) is 13.2 Å². The average molecular weight is 398 g/mol. The quantitative estimate of drug-likeness (QED) is 0.606. The van der Waals surface area contributed by atoms with E-state index in [1.807, 2.05) is 36.5 Å². The van der Waals surface area contributed by atoms with Crippen LogP contribution in [0.3, 0.4) is 0 Å². The fourth-order valence-electron chi connectivity index (χ4n) is 2.74. The summed E-state index contributed by atoms with van der Waals surface area (Å²) in [5.41, 5.74) is 1.98. The molecule has 0 aliphatic rings. The van der Waals surface area contributed by atoms with Crippen LogP contribution in [0.15, 0.2) is 78.0 Å². The van der Waals surface area contributed by atoms with E-state index >= 15 is 0 Å². The number of sulfonamides is 1. The summed E-state index contributed by atoms with van der Waals surface area (Å²) in [7, 11) is -3.75.